The van der Waals surface area contributed by atoms with Gasteiger partial charge in [-0.2, -0.15) is 5.10 Å². The molecule has 4 heteroatoms. The molecular weight excluding hydrogens is 262 g/mol. The van der Waals surface area contributed by atoms with Crippen molar-refractivity contribution in [2.24, 2.45) is 17.8 Å². The van der Waals surface area contributed by atoms with Gasteiger partial charge in [0.1, 0.15) is 0 Å². The molecule has 1 saturated heterocycles. The van der Waals surface area contributed by atoms with Crippen LogP contribution in [0.5, 0.6) is 0 Å². The van der Waals surface area contributed by atoms with Crippen LogP contribution in [0.4, 0.5) is 0 Å². The lowest BCUT2D eigenvalue weighted by molar-refractivity contribution is -0.134. The summed E-state index contributed by atoms with van der Waals surface area (Å²) in [5, 5.41) is 4.35. The van der Waals surface area contributed by atoms with Gasteiger partial charge in [-0.1, -0.05) is 0 Å². The van der Waals surface area contributed by atoms with Gasteiger partial charge in [0.15, 0.2) is 0 Å². The molecule has 0 spiro atoms. The molecule has 1 atom stereocenters. The van der Waals surface area contributed by atoms with Gasteiger partial charge in [0.25, 0.3) is 0 Å². The number of carbonyl (C=O) groups excluding carboxylic acids is 1. The number of carbonyl (C=O) groups is 1. The van der Waals surface area contributed by atoms with Crippen LogP contribution in [-0.4, -0.2) is 33.7 Å². The smallest absolute Gasteiger partial charge is 0.222 e. The average Bonchev–Trinajstić information content (AvgIpc) is 3.44. The van der Waals surface area contributed by atoms with Gasteiger partial charge in [-0.25, -0.2) is 0 Å². The Balaban J connectivity index is 1.37. The maximum atomic E-state index is 12.7. The van der Waals surface area contributed by atoms with Crippen LogP contribution in [0.25, 0.3) is 0 Å². The van der Waals surface area contributed by atoms with Crippen molar-refractivity contribution in [1.82, 2.24) is 14.7 Å². The van der Waals surface area contributed by atoms with Crippen LogP contribution in [0.2, 0.25) is 0 Å². The molecule has 0 radical (unpaired) electrons. The van der Waals surface area contributed by atoms with Crippen LogP contribution in [0.15, 0.2) is 18.5 Å². The molecule has 114 valence electrons. The summed E-state index contributed by atoms with van der Waals surface area (Å²) in [6.07, 6.45) is 12.4. The third-order valence-corrected chi connectivity index (χ3v) is 5.51. The van der Waals surface area contributed by atoms with E-state index in [1.807, 2.05) is 23.1 Å². The van der Waals surface area contributed by atoms with E-state index in [2.05, 4.69) is 10.00 Å². The lowest BCUT2D eigenvalue weighted by atomic mass is 9.93. The summed E-state index contributed by atoms with van der Waals surface area (Å²) in [6.45, 7) is 1.79. The molecule has 2 aliphatic carbocycles. The van der Waals surface area contributed by atoms with Gasteiger partial charge in [-0.15, -0.1) is 0 Å². The number of nitrogens with zero attached hydrogens (tertiary/aromatic N) is 3. The van der Waals surface area contributed by atoms with E-state index in [-0.39, 0.29) is 0 Å². The zero-order chi connectivity index (χ0) is 14.2. The fraction of sp³-hybridized carbons (Fsp3) is 0.765. The van der Waals surface area contributed by atoms with Crippen molar-refractivity contribution in [3.63, 3.8) is 0 Å². The molecule has 21 heavy (non-hydrogen) atoms. The Morgan fingerprint density at radius 1 is 1.19 bits per heavy atom. The minimum atomic E-state index is 0.373. The fourth-order valence-electron chi connectivity index (χ4n) is 3.99. The summed E-state index contributed by atoms with van der Waals surface area (Å²) in [5.41, 5.74) is 0. The summed E-state index contributed by atoms with van der Waals surface area (Å²) in [7, 11) is 0. The number of rotatable bonds is 5. The minimum absolute atomic E-state index is 0.373. The number of piperidine rings is 1. The molecule has 3 aliphatic rings. The molecule has 0 aromatic carbocycles. The molecule has 2 heterocycles. The molecule has 0 bridgehead atoms. The normalized spacial score (nSPS) is 26.3. The highest BCUT2D eigenvalue weighted by Crippen LogP contribution is 2.50. The van der Waals surface area contributed by atoms with E-state index in [1.54, 1.807) is 0 Å². The summed E-state index contributed by atoms with van der Waals surface area (Å²) >= 11 is 0. The van der Waals surface area contributed by atoms with Crippen molar-refractivity contribution >= 4 is 5.91 Å². The predicted molar refractivity (Wildman–Crippen MR) is 80.6 cm³/mol. The van der Waals surface area contributed by atoms with Gasteiger partial charge in [-0.05, 0) is 62.3 Å². The Hall–Kier alpha value is -1.32. The molecule has 4 nitrogen and oxygen atoms in total. The number of aromatic nitrogens is 2. The first kappa shape index (κ1) is 13.4. The Morgan fingerprint density at radius 3 is 2.57 bits per heavy atom. The Morgan fingerprint density at radius 2 is 1.95 bits per heavy atom. The average molecular weight is 287 g/mol. The van der Waals surface area contributed by atoms with Gasteiger partial charge in [0.2, 0.25) is 5.91 Å². The number of likely N-dealkylation sites (tertiary alicyclic amines) is 1. The van der Waals surface area contributed by atoms with Gasteiger partial charge in [-0.3, -0.25) is 9.48 Å². The summed E-state index contributed by atoms with van der Waals surface area (Å²) in [5.74, 6) is 2.83. The van der Waals surface area contributed by atoms with E-state index in [9.17, 15) is 4.79 Å². The molecule has 1 amide bonds. The zero-order valence-corrected chi connectivity index (χ0v) is 12.7. The first-order valence-corrected chi connectivity index (χ1v) is 8.58. The van der Waals surface area contributed by atoms with Crippen molar-refractivity contribution in [3.8, 4) is 0 Å². The highest BCUT2D eigenvalue weighted by atomic mass is 16.2. The SMILES string of the molecule is O=C(CC(C1CC1)C1CC1)N1CCC[C@H](n2cccn2)C1. The molecule has 0 N–H and O–H groups in total. The second-order valence-corrected chi connectivity index (χ2v) is 7.16. The molecule has 1 aromatic rings. The Labute approximate surface area is 126 Å². The molecule has 4 rings (SSSR count). The Kier molecular flexibility index (Phi) is 3.48. The first-order chi connectivity index (χ1) is 10.3. The monoisotopic (exact) mass is 287 g/mol. The predicted octanol–water partition coefficient (Wildman–Crippen LogP) is 2.87. The second kappa shape index (κ2) is 5.47. The second-order valence-electron chi connectivity index (χ2n) is 7.16. The van der Waals surface area contributed by atoms with E-state index in [4.69, 9.17) is 0 Å². The summed E-state index contributed by atoms with van der Waals surface area (Å²) < 4.78 is 2.03. The first-order valence-electron chi connectivity index (χ1n) is 8.58. The van der Waals surface area contributed by atoms with Crippen LogP contribution in [-0.2, 0) is 4.79 Å². The lowest BCUT2D eigenvalue weighted by Crippen LogP contribution is -2.41. The quantitative estimate of drug-likeness (QED) is 0.835. The third-order valence-electron chi connectivity index (χ3n) is 5.51. The number of amides is 1. The molecule has 2 saturated carbocycles. The van der Waals surface area contributed by atoms with Gasteiger partial charge in [0, 0.05) is 31.9 Å². The topological polar surface area (TPSA) is 38.1 Å². The van der Waals surface area contributed by atoms with E-state index in [0.717, 1.165) is 44.2 Å². The highest BCUT2D eigenvalue weighted by molar-refractivity contribution is 5.76. The maximum absolute atomic E-state index is 12.7. The van der Waals surface area contributed by atoms with Gasteiger partial charge in [0.05, 0.1) is 6.04 Å². The van der Waals surface area contributed by atoms with Crippen LogP contribution in [0.1, 0.15) is 51.0 Å². The van der Waals surface area contributed by atoms with Crippen molar-refractivity contribution in [1.29, 1.82) is 0 Å². The van der Waals surface area contributed by atoms with Crippen molar-refractivity contribution in [2.45, 2.75) is 51.0 Å². The molecule has 1 aliphatic heterocycles. The molecule has 3 fully saturated rings. The van der Waals surface area contributed by atoms with Crippen LogP contribution in [0, 0.1) is 17.8 Å². The van der Waals surface area contributed by atoms with E-state index >= 15 is 0 Å². The molecule has 1 aromatic heterocycles. The van der Waals surface area contributed by atoms with Crippen LogP contribution < -0.4 is 0 Å². The van der Waals surface area contributed by atoms with E-state index in [0.29, 0.717) is 17.9 Å². The standard InChI is InChI=1S/C17H25N3O/c21-17(11-16(13-4-5-13)14-6-7-14)19-9-1-3-15(12-19)20-10-2-8-18-20/h2,8,10,13-16H,1,3-7,9,11-12H2/t15-/m0/s1. The molecule has 0 unspecified atom stereocenters. The van der Waals surface area contributed by atoms with Crippen molar-refractivity contribution in [2.75, 3.05) is 13.1 Å². The summed E-state index contributed by atoms with van der Waals surface area (Å²) in [6, 6.07) is 2.34. The third kappa shape index (κ3) is 2.99. The highest BCUT2D eigenvalue weighted by Gasteiger charge is 2.43. The zero-order valence-electron chi connectivity index (χ0n) is 12.7. The number of hydrogen-bond donors (Lipinski definition) is 0. The largest absolute Gasteiger partial charge is 0.341 e. The summed E-state index contributed by atoms with van der Waals surface area (Å²) in [4.78, 5) is 14.8. The van der Waals surface area contributed by atoms with Crippen molar-refractivity contribution < 1.29 is 4.79 Å². The van der Waals surface area contributed by atoms with Gasteiger partial charge >= 0.3 is 0 Å². The van der Waals surface area contributed by atoms with E-state index < -0.39 is 0 Å². The van der Waals surface area contributed by atoms with Crippen LogP contribution in [0.3, 0.4) is 0 Å². The molecular formula is C17H25N3O. The van der Waals surface area contributed by atoms with Crippen LogP contribution >= 0.6 is 0 Å². The fourth-order valence-corrected chi connectivity index (χ4v) is 3.99. The Bertz CT molecular complexity index is 478. The number of hydrogen-bond acceptors (Lipinski definition) is 2. The van der Waals surface area contributed by atoms with Crippen molar-refractivity contribution in [3.05, 3.63) is 18.5 Å². The van der Waals surface area contributed by atoms with Gasteiger partial charge < -0.3 is 4.90 Å². The minimum Gasteiger partial charge on any atom is -0.341 e. The lowest BCUT2D eigenvalue weighted by Gasteiger charge is -2.34. The van der Waals surface area contributed by atoms with E-state index in [1.165, 1.54) is 25.7 Å². The maximum Gasteiger partial charge on any atom is 0.222 e.